The highest BCUT2D eigenvalue weighted by atomic mass is 16.5. The molecule has 0 bridgehead atoms. The lowest BCUT2D eigenvalue weighted by Gasteiger charge is -2.22. The van der Waals surface area contributed by atoms with Crippen molar-refractivity contribution in [3.05, 3.63) is 0 Å². The Kier molecular flexibility index (Phi) is 14.1. The van der Waals surface area contributed by atoms with Gasteiger partial charge < -0.3 is 4.74 Å². The number of ether oxygens (including phenoxy) is 1. The minimum Gasteiger partial charge on any atom is -0.376 e. The Bertz CT molecular complexity index is 641. The average molecular weight is 565 g/mol. The van der Waals surface area contributed by atoms with Crippen LogP contribution in [0, 0.1) is 62.6 Å². The first-order valence-corrected chi connectivity index (χ1v) is 16.7. The number of hydrogen-bond donors (Lipinski definition) is 0. The second-order valence-electron chi connectivity index (χ2n) is 20.7. The molecule has 6 unspecified atom stereocenters. The van der Waals surface area contributed by atoms with Crippen molar-refractivity contribution in [3.8, 4) is 0 Å². The van der Waals surface area contributed by atoms with Gasteiger partial charge in [0.25, 0.3) is 0 Å². The van der Waals surface area contributed by atoms with Crippen LogP contribution < -0.4 is 0 Å². The van der Waals surface area contributed by atoms with E-state index in [9.17, 15) is 0 Å². The molecule has 1 nitrogen and oxygen atoms in total. The molecule has 3 aliphatic rings. The molecule has 0 spiro atoms. The molecule has 1 heteroatoms. The fourth-order valence-corrected chi connectivity index (χ4v) is 6.48. The second-order valence-corrected chi connectivity index (χ2v) is 20.7. The fourth-order valence-electron chi connectivity index (χ4n) is 6.48. The zero-order valence-electron chi connectivity index (χ0n) is 30.5. The minimum atomic E-state index is 0. The smallest absolute Gasteiger partial charge is 0.0598 e. The van der Waals surface area contributed by atoms with Crippen molar-refractivity contribution in [2.24, 2.45) is 62.6 Å². The fraction of sp³-hybridized carbons (Fsp3) is 1.00. The molecule has 0 heterocycles. The topological polar surface area (TPSA) is 9.23 Å². The van der Waals surface area contributed by atoms with Crippen LogP contribution in [0.4, 0.5) is 0 Å². The van der Waals surface area contributed by atoms with Gasteiger partial charge in [0.2, 0.25) is 0 Å². The number of hydrogen-bond acceptors (Lipinski definition) is 1. The van der Waals surface area contributed by atoms with Crippen LogP contribution in [0.5, 0.6) is 0 Å². The Hall–Kier alpha value is -0.0400. The van der Waals surface area contributed by atoms with Crippen molar-refractivity contribution in [1.29, 1.82) is 0 Å². The van der Waals surface area contributed by atoms with Gasteiger partial charge in [-0.05, 0) is 128 Å². The normalized spacial score (nSPS) is 28.4. The lowest BCUT2D eigenvalue weighted by atomic mass is 9.85. The molecule has 0 saturated heterocycles. The molecular formula is C39H80O. The molecular weight excluding hydrogens is 484 g/mol. The van der Waals surface area contributed by atoms with E-state index in [1.165, 1.54) is 44.9 Å². The van der Waals surface area contributed by atoms with Crippen molar-refractivity contribution >= 4 is 0 Å². The van der Waals surface area contributed by atoms with Crippen LogP contribution in [0.2, 0.25) is 0 Å². The van der Waals surface area contributed by atoms with E-state index < -0.39 is 0 Å². The summed E-state index contributed by atoms with van der Waals surface area (Å²) in [5.41, 5.74) is 2.68. The van der Waals surface area contributed by atoms with Crippen molar-refractivity contribution in [1.82, 2.24) is 0 Å². The van der Waals surface area contributed by atoms with Crippen molar-refractivity contribution in [2.45, 2.75) is 183 Å². The first-order chi connectivity index (χ1) is 17.1. The summed E-state index contributed by atoms with van der Waals surface area (Å²) in [5.74, 6) is 5.83. The largest absolute Gasteiger partial charge is 0.376 e. The first kappa shape index (κ1) is 40.0. The monoisotopic (exact) mass is 565 g/mol. The quantitative estimate of drug-likeness (QED) is 0.312. The summed E-state index contributed by atoms with van der Waals surface area (Å²) in [5, 5.41) is 0. The lowest BCUT2D eigenvalue weighted by molar-refractivity contribution is -0.0127. The van der Waals surface area contributed by atoms with E-state index >= 15 is 0 Å². The first-order valence-electron chi connectivity index (χ1n) is 16.7. The molecule has 3 fully saturated rings. The highest BCUT2D eigenvalue weighted by molar-refractivity contribution is 4.95. The summed E-state index contributed by atoms with van der Waals surface area (Å²) in [6.07, 6.45) is 10.0. The van der Waals surface area contributed by atoms with E-state index in [2.05, 4.69) is 125 Å². The molecule has 0 N–H and O–H groups in total. The van der Waals surface area contributed by atoms with Gasteiger partial charge in [-0.1, -0.05) is 111 Å². The Labute approximate surface area is 256 Å². The van der Waals surface area contributed by atoms with Gasteiger partial charge in [0, 0.05) is 0 Å². The molecule has 0 aliphatic heterocycles. The maximum Gasteiger partial charge on any atom is 0.0598 e. The van der Waals surface area contributed by atoms with E-state index in [1.807, 2.05) is 0 Å². The van der Waals surface area contributed by atoms with Gasteiger partial charge in [-0.3, -0.25) is 0 Å². The van der Waals surface area contributed by atoms with Gasteiger partial charge >= 0.3 is 0 Å². The van der Waals surface area contributed by atoms with Crippen LogP contribution in [-0.2, 0) is 4.74 Å². The van der Waals surface area contributed by atoms with Gasteiger partial charge in [-0.15, -0.1) is 0 Å². The van der Waals surface area contributed by atoms with Crippen LogP contribution >= 0.6 is 0 Å². The Morgan fingerprint density at radius 3 is 1.12 bits per heavy atom. The van der Waals surface area contributed by atoms with E-state index in [-0.39, 0.29) is 13.0 Å². The maximum atomic E-state index is 5.78. The standard InChI is InChI=1S/2C13H26.C12H24O.CH4/c1-12(2,3)8-10-7-11(10)9-13(4,5)6;1-12(2,3)8-7-10-9-11(10)13(4,5)6;1-11(2,3)10-7-9(10)8-13-12(4,5)6;/h2*10-11H,7-9H2,1-6H3;9-10H,7-8H2,1-6H3;1H4. The summed E-state index contributed by atoms with van der Waals surface area (Å²) in [7, 11) is 0. The molecule has 0 amide bonds. The highest BCUT2D eigenvalue weighted by Crippen LogP contribution is 2.54. The summed E-state index contributed by atoms with van der Waals surface area (Å²) in [4.78, 5) is 0. The van der Waals surface area contributed by atoms with E-state index in [1.54, 1.807) is 0 Å². The van der Waals surface area contributed by atoms with Gasteiger partial charge in [-0.25, -0.2) is 0 Å². The zero-order chi connectivity index (χ0) is 30.8. The minimum absolute atomic E-state index is 0. The van der Waals surface area contributed by atoms with Gasteiger partial charge in [-0.2, -0.15) is 0 Å². The molecule has 40 heavy (non-hydrogen) atoms. The van der Waals surface area contributed by atoms with Crippen LogP contribution in [0.15, 0.2) is 0 Å². The summed E-state index contributed by atoms with van der Waals surface area (Å²) >= 11 is 0. The zero-order valence-corrected chi connectivity index (χ0v) is 30.5. The molecule has 3 saturated carbocycles. The Balaban J connectivity index is 0.000000563. The second kappa shape index (κ2) is 14.2. The molecule has 3 rings (SSSR count). The van der Waals surface area contributed by atoms with Crippen molar-refractivity contribution < 1.29 is 4.74 Å². The maximum absolute atomic E-state index is 5.78. The molecule has 242 valence electrons. The summed E-state index contributed by atoms with van der Waals surface area (Å²) in [6.45, 7) is 42.7. The lowest BCUT2D eigenvalue weighted by Crippen LogP contribution is -2.21. The van der Waals surface area contributed by atoms with Crippen LogP contribution in [0.25, 0.3) is 0 Å². The van der Waals surface area contributed by atoms with Crippen molar-refractivity contribution in [3.63, 3.8) is 0 Å². The predicted octanol–water partition coefficient (Wildman–Crippen LogP) is 13.1. The van der Waals surface area contributed by atoms with E-state index in [4.69, 9.17) is 4.74 Å². The molecule has 0 aromatic heterocycles. The molecule has 0 radical (unpaired) electrons. The third kappa shape index (κ3) is 19.2. The average Bonchev–Trinajstić information content (AvgIpc) is 3.49. The number of rotatable bonds is 6. The van der Waals surface area contributed by atoms with Gasteiger partial charge in [0.15, 0.2) is 0 Å². The molecule has 6 atom stereocenters. The molecule has 0 aromatic carbocycles. The summed E-state index contributed by atoms with van der Waals surface area (Å²) in [6, 6.07) is 0. The predicted molar refractivity (Wildman–Crippen MR) is 183 cm³/mol. The molecule has 0 aromatic rings. The van der Waals surface area contributed by atoms with Gasteiger partial charge in [0.05, 0.1) is 12.2 Å². The van der Waals surface area contributed by atoms with Crippen LogP contribution in [0.1, 0.15) is 177 Å². The van der Waals surface area contributed by atoms with E-state index in [0.717, 1.165) is 42.1 Å². The third-order valence-corrected chi connectivity index (χ3v) is 8.88. The Morgan fingerprint density at radius 1 is 0.475 bits per heavy atom. The highest BCUT2D eigenvalue weighted by Gasteiger charge is 2.46. The summed E-state index contributed by atoms with van der Waals surface area (Å²) < 4.78 is 5.78. The third-order valence-electron chi connectivity index (χ3n) is 8.88. The molecule has 3 aliphatic carbocycles. The van der Waals surface area contributed by atoms with Crippen LogP contribution in [0.3, 0.4) is 0 Å². The van der Waals surface area contributed by atoms with Crippen LogP contribution in [-0.4, -0.2) is 12.2 Å². The van der Waals surface area contributed by atoms with Gasteiger partial charge in [0.1, 0.15) is 0 Å². The van der Waals surface area contributed by atoms with Crippen molar-refractivity contribution in [2.75, 3.05) is 6.61 Å². The Morgan fingerprint density at radius 2 is 0.850 bits per heavy atom. The SMILES string of the molecule is C.CC(C)(C)CC1CC1CC(C)(C)C.CC(C)(C)CCC1CC1C(C)(C)C.CC(C)(C)OCC1CC1C(C)(C)C. The van der Waals surface area contributed by atoms with E-state index in [0.29, 0.717) is 27.1 Å².